The quantitative estimate of drug-likeness (QED) is 0.913. The Hall–Kier alpha value is -1.47. The summed E-state index contributed by atoms with van der Waals surface area (Å²) in [5.41, 5.74) is 1.33. The van der Waals surface area contributed by atoms with Crippen LogP contribution in [-0.2, 0) is 23.2 Å². The summed E-state index contributed by atoms with van der Waals surface area (Å²) in [4.78, 5) is 3.99. The smallest absolute Gasteiger partial charge is 0.243 e. The number of hydrogen-bond acceptors (Lipinski definition) is 4. The number of sulfonamides is 1. The van der Waals surface area contributed by atoms with E-state index in [1.807, 2.05) is 0 Å². The van der Waals surface area contributed by atoms with Gasteiger partial charge in [0.2, 0.25) is 10.0 Å². The van der Waals surface area contributed by atoms with Crippen molar-refractivity contribution < 1.29 is 13.5 Å². The molecule has 0 aliphatic heterocycles. The van der Waals surface area contributed by atoms with Crippen molar-refractivity contribution in [2.45, 2.75) is 18.0 Å². The van der Waals surface area contributed by atoms with Crippen molar-refractivity contribution in [3.63, 3.8) is 0 Å². The van der Waals surface area contributed by atoms with Gasteiger partial charge >= 0.3 is 0 Å². The predicted octanol–water partition coefficient (Wildman–Crippen LogP) is 2.05. The summed E-state index contributed by atoms with van der Waals surface area (Å²) in [6.45, 7) is 0.0102. The summed E-state index contributed by atoms with van der Waals surface area (Å²) < 4.78 is 26.2. The average Bonchev–Trinajstić information content (AvgIpc) is 2.48. The summed E-state index contributed by atoms with van der Waals surface area (Å²) in [5, 5.41) is 9.30. The third kappa shape index (κ3) is 3.59. The minimum absolute atomic E-state index is 0.0984. The molecule has 1 heterocycles. The molecule has 0 amide bonds. The Morgan fingerprint density at radius 2 is 1.90 bits per heavy atom. The SMILES string of the molecule is CN(Cc1ccncc1)S(=O)(=O)c1ccc(CO)c(Cl)c1. The highest BCUT2D eigenvalue weighted by atomic mass is 35.5. The van der Waals surface area contributed by atoms with E-state index in [4.69, 9.17) is 16.7 Å². The summed E-state index contributed by atoms with van der Waals surface area (Å²) >= 11 is 5.95. The highest BCUT2D eigenvalue weighted by Crippen LogP contribution is 2.23. The van der Waals surface area contributed by atoms with Gasteiger partial charge in [0.25, 0.3) is 0 Å². The van der Waals surface area contributed by atoms with Crippen molar-refractivity contribution in [1.29, 1.82) is 0 Å². The predicted molar refractivity (Wildman–Crippen MR) is 80.3 cm³/mol. The van der Waals surface area contributed by atoms with Crippen LogP contribution in [0, 0.1) is 0 Å². The zero-order valence-corrected chi connectivity index (χ0v) is 13.0. The van der Waals surface area contributed by atoms with Gasteiger partial charge < -0.3 is 5.11 Å². The maximum Gasteiger partial charge on any atom is 0.243 e. The first kappa shape index (κ1) is 15.9. The minimum Gasteiger partial charge on any atom is -0.392 e. The Labute approximate surface area is 128 Å². The molecule has 0 unspecified atom stereocenters. The van der Waals surface area contributed by atoms with E-state index in [0.29, 0.717) is 5.56 Å². The Bertz CT molecular complexity index is 720. The van der Waals surface area contributed by atoms with Crippen LogP contribution in [0.3, 0.4) is 0 Å². The second-order valence-electron chi connectivity index (χ2n) is 4.53. The van der Waals surface area contributed by atoms with Crippen molar-refractivity contribution in [3.8, 4) is 0 Å². The van der Waals surface area contributed by atoms with Crippen LogP contribution >= 0.6 is 11.6 Å². The Morgan fingerprint density at radius 3 is 2.48 bits per heavy atom. The van der Waals surface area contributed by atoms with Crippen LogP contribution in [0.1, 0.15) is 11.1 Å². The fourth-order valence-electron chi connectivity index (χ4n) is 1.83. The molecule has 2 rings (SSSR count). The average molecular weight is 327 g/mol. The normalized spacial score (nSPS) is 11.8. The van der Waals surface area contributed by atoms with Crippen LogP contribution in [-0.4, -0.2) is 29.9 Å². The molecule has 2 aromatic rings. The lowest BCUT2D eigenvalue weighted by Gasteiger charge is -2.17. The zero-order chi connectivity index (χ0) is 15.5. The highest BCUT2D eigenvalue weighted by Gasteiger charge is 2.21. The minimum atomic E-state index is -3.64. The lowest BCUT2D eigenvalue weighted by Crippen LogP contribution is -2.26. The molecule has 21 heavy (non-hydrogen) atoms. The lowest BCUT2D eigenvalue weighted by atomic mass is 10.2. The Kier molecular flexibility index (Phi) is 4.95. The first-order chi connectivity index (χ1) is 9.95. The monoisotopic (exact) mass is 326 g/mol. The van der Waals surface area contributed by atoms with Gasteiger partial charge in [0.1, 0.15) is 0 Å². The summed E-state index contributed by atoms with van der Waals surface area (Å²) in [6, 6.07) is 7.82. The van der Waals surface area contributed by atoms with Crippen molar-refractivity contribution in [2.24, 2.45) is 0 Å². The van der Waals surface area contributed by atoms with Crippen LogP contribution in [0.15, 0.2) is 47.6 Å². The van der Waals surface area contributed by atoms with Gasteiger partial charge in [-0.15, -0.1) is 0 Å². The van der Waals surface area contributed by atoms with E-state index in [0.717, 1.165) is 5.56 Å². The van der Waals surface area contributed by atoms with Gasteiger partial charge in [0.15, 0.2) is 0 Å². The molecule has 1 N–H and O–H groups in total. The van der Waals surface area contributed by atoms with Gasteiger partial charge in [-0.2, -0.15) is 4.31 Å². The van der Waals surface area contributed by atoms with E-state index in [1.165, 1.54) is 29.6 Å². The van der Waals surface area contributed by atoms with E-state index < -0.39 is 10.0 Å². The summed E-state index contributed by atoms with van der Waals surface area (Å²) in [7, 11) is -2.13. The van der Waals surface area contributed by atoms with Crippen LogP contribution in [0.25, 0.3) is 0 Å². The molecule has 0 bridgehead atoms. The van der Waals surface area contributed by atoms with Gasteiger partial charge in [0.05, 0.1) is 11.5 Å². The van der Waals surface area contributed by atoms with E-state index in [9.17, 15) is 8.42 Å². The molecule has 0 aliphatic rings. The van der Waals surface area contributed by atoms with Crippen molar-refractivity contribution in [1.82, 2.24) is 9.29 Å². The first-order valence-corrected chi connectivity index (χ1v) is 8.01. The maximum absolute atomic E-state index is 12.5. The lowest BCUT2D eigenvalue weighted by molar-refractivity contribution is 0.282. The molecule has 1 aromatic heterocycles. The van der Waals surface area contributed by atoms with Gasteiger partial charge in [-0.25, -0.2) is 8.42 Å². The molecular formula is C14H15ClN2O3S. The second-order valence-corrected chi connectivity index (χ2v) is 6.98. The fraction of sp³-hybridized carbons (Fsp3) is 0.214. The van der Waals surface area contributed by atoms with Crippen LogP contribution < -0.4 is 0 Å². The number of benzene rings is 1. The van der Waals surface area contributed by atoms with E-state index in [-0.39, 0.29) is 23.1 Å². The topological polar surface area (TPSA) is 70.5 Å². The molecule has 0 radical (unpaired) electrons. The van der Waals surface area contributed by atoms with Crippen LogP contribution in [0.2, 0.25) is 5.02 Å². The Balaban J connectivity index is 2.27. The van der Waals surface area contributed by atoms with E-state index in [2.05, 4.69) is 4.98 Å². The van der Waals surface area contributed by atoms with Crippen molar-refractivity contribution in [3.05, 3.63) is 58.9 Å². The molecule has 0 saturated carbocycles. The standard InChI is InChI=1S/C14H15ClN2O3S/c1-17(9-11-4-6-16-7-5-11)21(19,20)13-3-2-12(10-18)14(15)8-13/h2-8,18H,9-10H2,1H3. The molecule has 0 fully saturated rings. The molecule has 0 saturated heterocycles. The molecule has 5 nitrogen and oxygen atoms in total. The summed E-state index contributed by atoms with van der Waals surface area (Å²) in [5.74, 6) is 0. The maximum atomic E-state index is 12.5. The number of aliphatic hydroxyl groups excluding tert-OH is 1. The zero-order valence-electron chi connectivity index (χ0n) is 11.4. The number of hydrogen-bond donors (Lipinski definition) is 1. The molecule has 7 heteroatoms. The van der Waals surface area contributed by atoms with Gasteiger partial charge in [-0.05, 0) is 35.4 Å². The molecule has 1 aromatic carbocycles. The molecular weight excluding hydrogens is 312 g/mol. The van der Waals surface area contributed by atoms with Crippen LogP contribution in [0.5, 0.6) is 0 Å². The highest BCUT2D eigenvalue weighted by molar-refractivity contribution is 7.89. The number of pyridine rings is 1. The molecule has 0 atom stereocenters. The molecule has 112 valence electrons. The number of aliphatic hydroxyl groups is 1. The number of aromatic nitrogens is 1. The summed E-state index contributed by atoms with van der Waals surface area (Å²) in [6.07, 6.45) is 3.23. The Morgan fingerprint density at radius 1 is 1.24 bits per heavy atom. The molecule has 0 spiro atoms. The van der Waals surface area contributed by atoms with Crippen LogP contribution in [0.4, 0.5) is 0 Å². The third-order valence-electron chi connectivity index (χ3n) is 3.06. The number of halogens is 1. The van der Waals surface area contributed by atoms with Gasteiger partial charge in [-0.1, -0.05) is 17.7 Å². The fourth-order valence-corrected chi connectivity index (χ4v) is 3.32. The van der Waals surface area contributed by atoms with E-state index in [1.54, 1.807) is 24.5 Å². The number of rotatable bonds is 5. The molecule has 0 aliphatic carbocycles. The third-order valence-corrected chi connectivity index (χ3v) is 5.21. The van der Waals surface area contributed by atoms with Gasteiger partial charge in [0, 0.05) is 31.0 Å². The van der Waals surface area contributed by atoms with Crippen molar-refractivity contribution in [2.75, 3.05) is 7.05 Å². The van der Waals surface area contributed by atoms with Crippen molar-refractivity contribution >= 4 is 21.6 Å². The largest absolute Gasteiger partial charge is 0.392 e. The van der Waals surface area contributed by atoms with E-state index >= 15 is 0 Å². The number of nitrogens with zero attached hydrogens (tertiary/aromatic N) is 2. The van der Waals surface area contributed by atoms with Gasteiger partial charge in [-0.3, -0.25) is 4.98 Å². The second kappa shape index (κ2) is 6.53. The first-order valence-electron chi connectivity index (χ1n) is 6.19.